The minimum atomic E-state index is -0.263. The molecule has 22 heavy (non-hydrogen) atoms. The van der Waals surface area contributed by atoms with E-state index in [0.717, 1.165) is 49.0 Å². The van der Waals surface area contributed by atoms with E-state index in [1.165, 1.54) is 0 Å². The van der Waals surface area contributed by atoms with E-state index >= 15 is 0 Å². The highest BCUT2D eigenvalue weighted by molar-refractivity contribution is 5.81. The molecular weight excluding hydrogens is 278 g/mol. The van der Waals surface area contributed by atoms with E-state index in [1.54, 1.807) is 0 Å². The molecule has 1 aliphatic rings. The van der Waals surface area contributed by atoms with Gasteiger partial charge in [0.2, 0.25) is 0 Å². The lowest BCUT2D eigenvalue weighted by atomic mass is 10.2. The van der Waals surface area contributed by atoms with E-state index < -0.39 is 0 Å². The van der Waals surface area contributed by atoms with Gasteiger partial charge in [-0.25, -0.2) is 0 Å². The Morgan fingerprint density at radius 2 is 2.23 bits per heavy atom. The third-order valence-electron chi connectivity index (χ3n) is 4.12. The fourth-order valence-corrected chi connectivity index (χ4v) is 2.90. The summed E-state index contributed by atoms with van der Waals surface area (Å²) in [5, 5.41) is 1.08. The summed E-state index contributed by atoms with van der Waals surface area (Å²) in [5.41, 5.74) is 0.873. The third kappa shape index (κ3) is 3.33. The van der Waals surface area contributed by atoms with Crippen LogP contribution >= 0.6 is 0 Å². The lowest BCUT2D eigenvalue weighted by molar-refractivity contribution is -0.141. The molecule has 2 heterocycles. The fraction of sp³-hybridized carbons (Fsp3) is 0.500. The number of hydrogen-bond donors (Lipinski definition) is 0. The average molecular weight is 301 g/mol. The van der Waals surface area contributed by atoms with E-state index in [4.69, 9.17) is 9.15 Å². The fourth-order valence-electron chi connectivity index (χ4n) is 2.90. The van der Waals surface area contributed by atoms with Gasteiger partial charge in [-0.05, 0) is 31.4 Å². The molecule has 0 bridgehead atoms. The number of ether oxygens (including phenoxy) is 1. The second-order valence-electron chi connectivity index (χ2n) is 5.87. The van der Waals surface area contributed by atoms with Gasteiger partial charge in [0.1, 0.15) is 17.4 Å². The minimum absolute atomic E-state index is 0.103. The van der Waals surface area contributed by atoms with Gasteiger partial charge in [0.25, 0.3) is 5.91 Å². The Labute approximate surface area is 131 Å². The summed E-state index contributed by atoms with van der Waals surface area (Å²) in [7, 11) is 0. The number of hydrogen-bond acceptors (Lipinski definition) is 3. The van der Waals surface area contributed by atoms with Crippen LogP contribution in [0.2, 0.25) is 0 Å². The quantitative estimate of drug-likeness (QED) is 0.816. The Morgan fingerprint density at radius 3 is 2.95 bits per heavy atom. The topological polar surface area (TPSA) is 42.7 Å². The highest BCUT2D eigenvalue weighted by Crippen LogP contribution is 2.22. The number of furan rings is 1. The Kier molecular flexibility index (Phi) is 4.78. The predicted molar refractivity (Wildman–Crippen MR) is 85.5 cm³/mol. The summed E-state index contributed by atoms with van der Waals surface area (Å²) >= 11 is 0. The van der Waals surface area contributed by atoms with Gasteiger partial charge in [-0.1, -0.05) is 31.5 Å². The Bertz CT molecular complexity index is 595. The number of rotatable bonds is 6. The van der Waals surface area contributed by atoms with Crippen LogP contribution in [0.1, 0.15) is 38.4 Å². The van der Waals surface area contributed by atoms with Crippen molar-refractivity contribution in [1.82, 2.24) is 4.90 Å². The summed E-state index contributed by atoms with van der Waals surface area (Å²) in [6, 6.07) is 9.96. The summed E-state index contributed by atoms with van der Waals surface area (Å²) in [5.74, 6) is 0.940. The van der Waals surface area contributed by atoms with Gasteiger partial charge in [-0.15, -0.1) is 0 Å². The molecule has 3 rings (SSSR count). The highest BCUT2D eigenvalue weighted by atomic mass is 16.5. The SMILES string of the molecule is CCCCN(Cc1cc2ccccc2o1)C(=O)[C@H]1CCCO1. The molecule has 0 aliphatic carbocycles. The van der Waals surface area contributed by atoms with Crippen molar-refractivity contribution < 1.29 is 13.9 Å². The van der Waals surface area contributed by atoms with Crippen molar-refractivity contribution in [3.63, 3.8) is 0 Å². The Balaban J connectivity index is 1.74. The number of nitrogens with zero attached hydrogens (tertiary/aromatic N) is 1. The van der Waals surface area contributed by atoms with Gasteiger partial charge in [0, 0.05) is 18.5 Å². The van der Waals surface area contributed by atoms with Crippen LogP contribution in [0.25, 0.3) is 11.0 Å². The molecule has 1 atom stereocenters. The van der Waals surface area contributed by atoms with Crippen LogP contribution in [0, 0.1) is 0 Å². The van der Waals surface area contributed by atoms with Gasteiger partial charge in [-0.3, -0.25) is 4.79 Å². The number of carbonyl (C=O) groups is 1. The number of benzene rings is 1. The molecular formula is C18H23NO3. The van der Waals surface area contributed by atoms with Crippen molar-refractivity contribution in [2.24, 2.45) is 0 Å². The summed E-state index contributed by atoms with van der Waals surface area (Å²) in [6.07, 6.45) is 3.61. The first-order valence-electron chi connectivity index (χ1n) is 8.16. The third-order valence-corrected chi connectivity index (χ3v) is 4.12. The molecule has 0 N–H and O–H groups in total. The molecule has 0 spiro atoms. The van der Waals surface area contributed by atoms with Crippen molar-refractivity contribution in [1.29, 1.82) is 0 Å². The number of para-hydroxylation sites is 1. The standard InChI is InChI=1S/C18H23NO3/c1-2-3-10-19(18(20)17-9-6-11-21-17)13-15-12-14-7-4-5-8-16(14)22-15/h4-5,7-8,12,17H,2-3,6,9-11,13H2,1H3/t17-/m1/s1. The molecule has 118 valence electrons. The number of carbonyl (C=O) groups excluding carboxylic acids is 1. The largest absolute Gasteiger partial charge is 0.459 e. The first kappa shape index (κ1) is 15.1. The molecule has 1 aromatic carbocycles. The zero-order chi connectivity index (χ0) is 15.4. The van der Waals surface area contributed by atoms with Crippen molar-refractivity contribution in [3.05, 3.63) is 36.1 Å². The number of fused-ring (bicyclic) bond motifs is 1. The van der Waals surface area contributed by atoms with Crippen LogP contribution in [0.4, 0.5) is 0 Å². The first-order chi connectivity index (χ1) is 10.8. The van der Waals surface area contributed by atoms with Crippen LogP contribution in [0.15, 0.2) is 34.7 Å². The van der Waals surface area contributed by atoms with Crippen LogP contribution in [-0.2, 0) is 16.1 Å². The van der Waals surface area contributed by atoms with Gasteiger partial charge in [0.15, 0.2) is 0 Å². The van der Waals surface area contributed by atoms with Crippen molar-refractivity contribution >= 4 is 16.9 Å². The van der Waals surface area contributed by atoms with Crippen molar-refractivity contribution in [2.75, 3.05) is 13.2 Å². The van der Waals surface area contributed by atoms with Crippen LogP contribution in [0.3, 0.4) is 0 Å². The number of unbranched alkanes of at least 4 members (excludes halogenated alkanes) is 1. The predicted octanol–water partition coefficient (Wildman–Crippen LogP) is 3.74. The van der Waals surface area contributed by atoms with Crippen LogP contribution in [0.5, 0.6) is 0 Å². The van der Waals surface area contributed by atoms with Gasteiger partial charge in [0.05, 0.1) is 6.54 Å². The van der Waals surface area contributed by atoms with Crippen LogP contribution < -0.4 is 0 Å². The average Bonchev–Trinajstić information content (AvgIpc) is 3.19. The van der Waals surface area contributed by atoms with Crippen LogP contribution in [-0.4, -0.2) is 30.1 Å². The summed E-state index contributed by atoms with van der Waals surface area (Å²) < 4.78 is 11.4. The Morgan fingerprint density at radius 1 is 1.36 bits per heavy atom. The van der Waals surface area contributed by atoms with E-state index in [-0.39, 0.29) is 12.0 Å². The molecule has 4 nitrogen and oxygen atoms in total. The number of amides is 1. The van der Waals surface area contributed by atoms with Gasteiger partial charge >= 0.3 is 0 Å². The lowest BCUT2D eigenvalue weighted by Crippen LogP contribution is -2.39. The zero-order valence-corrected chi connectivity index (χ0v) is 13.1. The van der Waals surface area contributed by atoms with E-state index in [1.807, 2.05) is 35.2 Å². The second kappa shape index (κ2) is 6.97. The molecule has 4 heteroatoms. The molecule has 1 fully saturated rings. The molecule has 0 saturated carbocycles. The molecule has 0 unspecified atom stereocenters. The second-order valence-corrected chi connectivity index (χ2v) is 5.87. The van der Waals surface area contributed by atoms with E-state index in [0.29, 0.717) is 13.2 Å². The molecule has 0 radical (unpaired) electrons. The first-order valence-corrected chi connectivity index (χ1v) is 8.16. The maximum atomic E-state index is 12.6. The van der Waals surface area contributed by atoms with E-state index in [9.17, 15) is 4.79 Å². The maximum Gasteiger partial charge on any atom is 0.252 e. The maximum absolute atomic E-state index is 12.6. The Hall–Kier alpha value is -1.81. The molecule has 2 aromatic rings. The molecule has 1 amide bonds. The van der Waals surface area contributed by atoms with Gasteiger partial charge in [-0.2, -0.15) is 0 Å². The van der Waals surface area contributed by atoms with Crippen molar-refractivity contribution in [2.45, 2.75) is 45.3 Å². The van der Waals surface area contributed by atoms with Crippen molar-refractivity contribution in [3.8, 4) is 0 Å². The molecule has 1 aromatic heterocycles. The molecule has 1 aliphatic heterocycles. The summed E-state index contributed by atoms with van der Waals surface area (Å²) in [6.45, 7) is 4.11. The highest BCUT2D eigenvalue weighted by Gasteiger charge is 2.28. The minimum Gasteiger partial charge on any atom is -0.459 e. The van der Waals surface area contributed by atoms with E-state index in [2.05, 4.69) is 6.92 Å². The summed E-state index contributed by atoms with van der Waals surface area (Å²) in [4.78, 5) is 14.5. The zero-order valence-electron chi connectivity index (χ0n) is 13.1. The smallest absolute Gasteiger partial charge is 0.252 e. The normalized spacial score (nSPS) is 18.0. The lowest BCUT2D eigenvalue weighted by Gasteiger charge is -2.24. The molecule has 1 saturated heterocycles. The van der Waals surface area contributed by atoms with Gasteiger partial charge < -0.3 is 14.1 Å². The monoisotopic (exact) mass is 301 g/mol.